The second-order valence-corrected chi connectivity index (χ2v) is 8.25. The van der Waals surface area contributed by atoms with Crippen LogP contribution in [0, 0.1) is 12.0 Å². The van der Waals surface area contributed by atoms with Crippen LogP contribution in [0.3, 0.4) is 0 Å². The van der Waals surface area contributed by atoms with Gasteiger partial charge in [-0.15, -0.1) is 6.92 Å². The molecule has 0 saturated heterocycles. The van der Waals surface area contributed by atoms with E-state index in [0.717, 1.165) is 0 Å². The molecule has 2 atom stereocenters. The van der Waals surface area contributed by atoms with E-state index in [1.807, 2.05) is 0 Å². The Morgan fingerprint density at radius 3 is 2.20 bits per heavy atom. The molecular weight excluding hydrogens is 336 g/mol. The SMILES string of the molecule is CC1=C(C)C(C)C(C2([SiH3])[C-]=C3CCCC2=C3C)=C1C.[Zr]. The summed E-state index contributed by atoms with van der Waals surface area (Å²) in [6, 6.07) is 0. The molecule has 3 aliphatic rings. The number of hydrogen-bond donors (Lipinski definition) is 0. The molecule has 3 aliphatic carbocycles. The Morgan fingerprint density at radius 1 is 1.05 bits per heavy atom. The van der Waals surface area contributed by atoms with E-state index in [-0.39, 0.29) is 31.2 Å². The van der Waals surface area contributed by atoms with Gasteiger partial charge in [-0.3, -0.25) is 6.08 Å². The molecule has 0 radical (unpaired) electrons. The predicted octanol–water partition coefficient (Wildman–Crippen LogP) is 4.05. The fourth-order valence-electron chi connectivity index (χ4n) is 4.56. The van der Waals surface area contributed by atoms with Gasteiger partial charge in [-0.2, -0.15) is 11.1 Å². The summed E-state index contributed by atoms with van der Waals surface area (Å²) in [4.78, 5) is 0. The van der Waals surface area contributed by atoms with Gasteiger partial charge < -0.3 is 0 Å². The van der Waals surface area contributed by atoms with Crippen LogP contribution in [0.5, 0.6) is 0 Å². The maximum atomic E-state index is 3.94. The monoisotopic (exact) mass is 359 g/mol. The van der Waals surface area contributed by atoms with E-state index in [1.54, 1.807) is 27.9 Å². The molecule has 0 nitrogen and oxygen atoms in total. The van der Waals surface area contributed by atoms with Gasteiger partial charge in [0.25, 0.3) is 0 Å². The third-order valence-electron chi connectivity index (χ3n) is 5.94. The molecule has 0 N–H and O–H groups in total. The van der Waals surface area contributed by atoms with Crippen molar-refractivity contribution in [3.05, 3.63) is 45.1 Å². The van der Waals surface area contributed by atoms with Crippen molar-refractivity contribution in [3.8, 4) is 0 Å². The van der Waals surface area contributed by atoms with E-state index in [1.165, 1.54) is 40.7 Å². The van der Waals surface area contributed by atoms with Crippen LogP contribution < -0.4 is 0 Å². The van der Waals surface area contributed by atoms with E-state index in [0.29, 0.717) is 5.92 Å². The first-order chi connectivity index (χ1) is 8.88. The van der Waals surface area contributed by atoms with Crippen molar-refractivity contribution in [3.63, 3.8) is 0 Å². The van der Waals surface area contributed by atoms with Gasteiger partial charge in [0.15, 0.2) is 0 Å². The fraction of sp³-hybridized carbons (Fsp3) is 0.556. The third kappa shape index (κ3) is 2.02. The third-order valence-corrected chi connectivity index (χ3v) is 7.33. The van der Waals surface area contributed by atoms with Gasteiger partial charge in [0.1, 0.15) is 0 Å². The Kier molecular flexibility index (Phi) is 4.40. The maximum absolute atomic E-state index is 3.94. The topological polar surface area (TPSA) is 0 Å². The van der Waals surface area contributed by atoms with E-state index >= 15 is 0 Å². The van der Waals surface area contributed by atoms with Crippen LogP contribution in [0.15, 0.2) is 39.0 Å². The summed E-state index contributed by atoms with van der Waals surface area (Å²) >= 11 is 0. The van der Waals surface area contributed by atoms with Crippen molar-refractivity contribution in [1.29, 1.82) is 0 Å². The summed E-state index contributed by atoms with van der Waals surface area (Å²) in [6.07, 6.45) is 7.84. The smallest absolute Gasteiger partial charge is 0.00153 e. The number of allylic oxidation sites excluding steroid dienone is 8. The standard InChI is InChI=1S/C18H25Si.Zr/c1-10-11(2)13(4)17(12(10)3)18(19)9-15-7-6-8-16(18)14(15)5;/h12H,6-8H2,1-5,19H3;/q-1;. The van der Waals surface area contributed by atoms with Crippen LogP contribution in [0.1, 0.15) is 53.9 Å². The zero-order valence-electron chi connectivity index (χ0n) is 13.7. The van der Waals surface area contributed by atoms with E-state index in [4.69, 9.17) is 0 Å². The minimum absolute atomic E-state index is 0. The number of rotatable bonds is 1. The van der Waals surface area contributed by atoms with Gasteiger partial charge in [-0.1, -0.05) is 29.5 Å². The van der Waals surface area contributed by atoms with Crippen LogP contribution in [-0.2, 0) is 26.2 Å². The second kappa shape index (κ2) is 5.36. The largest absolute Gasteiger partial charge is 0.262 e. The van der Waals surface area contributed by atoms with Crippen LogP contribution in [-0.4, -0.2) is 10.2 Å². The average molecular weight is 361 g/mol. The Bertz CT molecular complexity index is 589. The van der Waals surface area contributed by atoms with Crippen LogP contribution in [0.2, 0.25) is 5.04 Å². The molecule has 2 heteroatoms. The van der Waals surface area contributed by atoms with Crippen molar-refractivity contribution in [2.75, 3.05) is 0 Å². The maximum Gasteiger partial charge on any atom is 0.00153 e. The van der Waals surface area contributed by atoms with Crippen molar-refractivity contribution >= 4 is 10.2 Å². The second-order valence-electron chi connectivity index (χ2n) is 6.75. The van der Waals surface area contributed by atoms with Gasteiger partial charge in [0, 0.05) is 36.4 Å². The summed E-state index contributed by atoms with van der Waals surface area (Å²) in [6.45, 7) is 11.7. The number of fused-ring (bicyclic) bond motifs is 1. The first kappa shape index (κ1) is 16.4. The minimum Gasteiger partial charge on any atom is -0.262 e. The summed E-state index contributed by atoms with van der Waals surface area (Å²) in [7, 11) is 1.17. The average Bonchev–Trinajstić information content (AvgIpc) is 2.65. The Balaban J connectivity index is 0.00000147. The molecule has 0 spiro atoms. The molecule has 0 fully saturated rings. The van der Waals surface area contributed by atoms with Crippen LogP contribution in [0.4, 0.5) is 0 Å². The van der Waals surface area contributed by atoms with Crippen LogP contribution in [0.25, 0.3) is 0 Å². The molecule has 20 heavy (non-hydrogen) atoms. The summed E-state index contributed by atoms with van der Waals surface area (Å²) in [5.41, 5.74) is 11.2. The van der Waals surface area contributed by atoms with Crippen molar-refractivity contribution in [1.82, 2.24) is 0 Å². The summed E-state index contributed by atoms with van der Waals surface area (Å²) < 4.78 is 0. The predicted molar refractivity (Wildman–Crippen MR) is 86.2 cm³/mol. The molecule has 3 rings (SSSR count). The molecule has 0 aromatic rings. The van der Waals surface area contributed by atoms with Crippen molar-refractivity contribution < 1.29 is 26.2 Å². The fourth-order valence-corrected chi connectivity index (χ4v) is 6.29. The summed E-state index contributed by atoms with van der Waals surface area (Å²) in [5, 5.41) is 0.221. The Morgan fingerprint density at radius 2 is 1.70 bits per heavy atom. The molecule has 0 aromatic carbocycles. The Hall–Kier alpha value is 0.0600. The van der Waals surface area contributed by atoms with Gasteiger partial charge in [0.2, 0.25) is 0 Å². The van der Waals surface area contributed by atoms with Crippen molar-refractivity contribution in [2.45, 2.75) is 58.9 Å². The molecule has 0 heterocycles. The molecule has 0 aromatic heterocycles. The first-order valence-corrected chi connectivity index (χ1v) is 8.61. The van der Waals surface area contributed by atoms with Gasteiger partial charge in [-0.05, 0) is 50.7 Å². The minimum atomic E-state index is 0. The molecular formula is C18H25SiZr-. The van der Waals surface area contributed by atoms with Gasteiger partial charge in [0.05, 0.1) is 0 Å². The number of hydrogen-bond acceptors (Lipinski definition) is 0. The normalized spacial score (nSPS) is 33.0. The van der Waals surface area contributed by atoms with Crippen molar-refractivity contribution in [2.24, 2.45) is 5.92 Å². The van der Waals surface area contributed by atoms with E-state index < -0.39 is 0 Å². The molecule has 2 bridgehead atoms. The molecule has 0 amide bonds. The quantitative estimate of drug-likeness (QED) is 0.489. The summed E-state index contributed by atoms with van der Waals surface area (Å²) in [5.74, 6) is 0.616. The first-order valence-electron chi connectivity index (χ1n) is 7.61. The zero-order chi connectivity index (χ0) is 13.9. The Labute approximate surface area is 146 Å². The molecule has 106 valence electrons. The van der Waals surface area contributed by atoms with Crippen LogP contribution >= 0.6 is 0 Å². The molecule has 0 saturated carbocycles. The van der Waals surface area contributed by atoms with E-state index in [2.05, 4.69) is 40.7 Å². The van der Waals surface area contributed by atoms with E-state index in [9.17, 15) is 0 Å². The van der Waals surface area contributed by atoms with Gasteiger partial charge in [-0.25, -0.2) is 5.57 Å². The molecule has 0 aliphatic heterocycles. The zero-order valence-corrected chi connectivity index (χ0v) is 18.2. The molecule has 2 unspecified atom stereocenters. The van der Waals surface area contributed by atoms with Gasteiger partial charge >= 0.3 is 0 Å².